The van der Waals surface area contributed by atoms with Crippen LogP contribution in [0.3, 0.4) is 0 Å². The monoisotopic (exact) mass is 296 g/mol. The van der Waals surface area contributed by atoms with Gasteiger partial charge in [0.1, 0.15) is 0 Å². The van der Waals surface area contributed by atoms with Gasteiger partial charge in [-0.1, -0.05) is 12.1 Å². The molecule has 1 saturated heterocycles. The number of carbonyl (C=O) groups is 1. The Labute approximate surface area is 130 Å². The molecule has 0 aliphatic carbocycles. The van der Waals surface area contributed by atoms with E-state index in [1.807, 2.05) is 29.2 Å². The molecule has 1 aromatic heterocycles. The molecule has 1 amide bonds. The van der Waals surface area contributed by atoms with E-state index in [0.29, 0.717) is 11.6 Å². The summed E-state index contributed by atoms with van der Waals surface area (Å²) in [6.45, 7) is 1.61. The molecule has 1 aliphatic rings. The van der Waals surface area contributed by atoms with Crippen molar-refractivity contribution in [3.63, 3.8) is 0 Å². The van der Waals surface area contributed by atoms with Crippen LogP contribution >= 0.6 is 0 Å². The lowest BCUT2D eigenvalue weighted by atomic mass is 10.1. The quantitative estimate of drug-likeness (QED) is 0.868. The van der Waals surface area contributed by atoms with Crippen LogP contribution in [0.1, 0.15) is 16.8 Å². The Morgan fingerprint density at radius 2 is 2.18 bits per heavy atom. The van der Waals surface area contributed by atoms with Crippen LogP contribution in [-0.4, -0.2) is 58.9 Å². The molecule has 114 valence electrons. The van der Waals surface area contributed by atoms with Gasteiger partial charge in [-0.25, -0.2) is 0 Å². The maximum Gasteiger partial charge on any atom is 0.253 e. The van der Waals surface area contributed by atoms with Crippen LogP contribution in [0, 0.1) is 0 Å². The highest BCUT2D eigenvalue weighted by Gasteiger charge is 2.28. The van der Waals surface area contributed by atoms with Gasteiger partial charge >= 0.3 is 0 Å². The Morgan fingerprint density at radius 1 is 1.32 bits per heavy atom. The molecule has 0 radical (unpaired) electrons. The van der Waals surface area contributed by atoms with Gasteiger partial charge in [0.05, 0.1) is 11.9 Å². The maximum atomic E-state index is 12.7. The molecule has 2 aromatic rings. The summed E-state index contributed by atoms with van der Waals surface area (Å²) < 4.78 is 0. The molecule has 5 heteroatoms. The fourth-order valence-corrected chi connectivity index (χ4v) is 2.79. The number of hydrogen-bond acceptors (Lipinski definition) is 4. The molecule has 0 spiro atoms. The van der Waals surface area contributed by atoms with Crippen molar-refractivity contribution in [1.82, 2.24) is 19.8 Å². The van der Waals surface area contributed by atoms with Crippen LogP contribution in [0.5, 0.6) is 0 Å². The summed E-state index contributed by atoms with van der Waals surface area (Å²) in [6.07, 6.45) is 6.04. The number of aromatic nitrogens is 2. The van der Waals surface area contributed by atoms with E-state index in [0.717, 1.165) is 30.8 Å². The van der Waals surface area contributed by atoms with E-state index in [1.165, 1.54) is 0 Å². The minimum Gasteiger partial charge on any atom is -0.337 e. The first-order valence-corrected chi connectivity index (χ1v) is 7.47. The normalized spacial score (nSPS) is 18.0. The van der Waals surface area contributed by atoms with E-state index in [4.69, 9.17) is 0 Å². The van der Waals surface area contributed by atoms with Crippen molar-refractivity contribution in [2.75, 3.05) is 27.2 Å². The molecular weight excluding hydrogens is 276 g/mol. The van der Waals surface area contributed by atoms with Gasteiger partial charge in [0.25, 0.3) is 5.91 Å². The van der Waals surface area contributed by atoms with Crippen molar-refractivity contribution in [2.45, 2.75) is 12.5 Å². The van der Waals surface area contributed by atoms with Crippen molar-refractivity contribution < 1.29 is 4.79 Å². The summed E-state index contributed by atoms with van der Waals surface area (Å²) in [7, 11) is 4.13. The van der Waals surface area contributed by atoms with Gasteiger partial charge in [0, 0.05) is 42.7 Å². The predicted octanol–water partition coefficient (Wildman–Crippen LogP) is 1.92. The largest absolute Gasteiger partial charge is 0.337 e. The van der Waals surface area contributed by atoms with E-state index in [-0.39, 0.29) is 5.91 Å². The Bertz CT molecular complexity index is 657. The first kappa shape index (κ1) is 14.7. The molecule has 22 heavy (non-hydrogen) atoms. The van der Waals surface area contributed by atoms with Crippen LogP contribution in [0.25, 0.3) is 11.3 Å². The SMILES string of the molecule is CN(C)C1CCN(C(=O)c2cccc(-c3cnccn3)c2)C1. The van der Waals surface area contributed by atoms with Crippen LogP contribution in [0.4, 0.5) is 0 Å². The zero-order valence-corrected chi connectivity index (χ0v) is 12.9. The topological polar surface area (TPSA) is 49.3 Å². The molecule has 1 aromatic carbocycles. The van der Waals surface area contributed by atoms with Gasteiger partial charge in [-0.3, -0.25) is 14.8 Å². The standard InChI is InChI=1S/C17H20N4O/c1-20(2)15-6-9-21(12-15)17(22)14-5-3-4-13(10-14)16-11-18-7-8-19-16/h3-5,7-8,10-11,15H,6,9,12H2,1-2H3. The molecule has 0 N–H and O–H groups in total. The Kier molecular flexibility index (Phi) is 4.15. The summed E-state index contributed by atoms with van der Waals surface area (Å²) in [5, 5.41) is 0. The van der Waals surface area contributed by atoms with Gasteiger partial charge in [-0.2, -0.15) is 0 Å². The molecule has 1 aliphatic heterocycles. The molecule has 3 rings (SSSR count). The number of likely N-dealkylation sites (N-methyl/N-ethyl adjacent to an activating group) is 1. The Hall–Kier alpha value is -2.27. The van der Waals surface area contributed by atoms with Crippen LogP contribution in [0.15, 0.2) is 42.9 Å². The van der Waals surface area contributed by atoms with Crippen LogP contribution in [-0.2, 0) is 0 Å². The van der Waals surface area contributed by atoms with Crippen molar-refractivity contribution in [1.29, 1.82) is 0 Å². The number of hydrogen-bond donors (Lipinski definition) is 0. The first-order chi connectivity index (χ1) is 10.6. The second kappa shape index (κ2) is 6.23. The highest BCUT2D eigenvalue weighted by Crippen LogP contribution is 2.20. The lowest BCUT2D eigenvalue weighted by Crippen LogP contribution is -2.34. The average Bonchev–Trinajstić information content (AvgIpc) is 3.05. The molecule has 5 nitrogen and oxygen atoms in total. The van der Waals surface area contributed by atoms with E-state index < -0.39 is 0 Å². The number of likely N-dealkylation sites (tertiary alicyclic amines) is 1. The van der Waals surface area contributed by atoms with Gasteiger partial charge < -0.3 is 9.80 Å². The van der Waals surface area contributed by atoms with Gasteiger partial charge in [0.15, 0.2) is 0 Å². The predicted molar refractivity (Wildman–Crippen MR) is 85.5 cm³/mol. The number of amides is 1. The summed E-state index contributed by atoms with van der Waals surface area (Å²) in [4.78, 5) is 25.2. The van der Waals surface area contributed by atoms with E-state index >= 15 is 0 Å². The fraction of sp³-hybridized carbons (Fsp3) is 0.353. The van der Waals surface area contributed by atoms with E-state index in [9.17, 15) is 4.79 Å². The molecule has 0 bridgehead atoms. The zero-order valence-electron chi connectivity index (χ0n) is 12.9. The smallest absolute Gasteiger partial charge is 0.253 e. The second-order valence-electron chi connectivity index (χ2n) is 5.83. The van der Waals surface area contributed by atoms with Gasteiger partial charge in [-0.15, -0.1) is 0 Å². The number of nitrogens with zero attached hydrogens (tertiary/aromatic N) is 4. The molecule has 1 unspecified atom stereocenters. The molecule has 1 fully saturated rings. The van der Waals surface area contributed by atoms with Gasteiger partial charge in [-0.05, 0) is 32.6 Å². The molecule has 0 saturated carbocycles. The Morgan fingerprint density at radius 3 is 2.86 bits per heavy atom. The van der Waals surface area contributed by atoms with Crippen LogP contribution < -0.4 is 0 Å². The average molecular weight is 296 g/mol. The summed E-state index contributed by atoms with van der Waals surface area (Å²) in [5.41, 5.74) is 2.41. The van der Waals surface area contributed by atoms with Crippen molar-refractivity contribution in [3.05, 3.63) is 48.4 Å². The third kappa shape index (κ3) is 2.99. The minimum absolute atomic E-state index is 0.0927. The summed E-state index contributed by atoms with van der Waals surface area (Å²) in [5.74, 6) is 0.0927. The molecule has 1 atom stereocenters. The zero-order chi connectivity index (χ0) is 15.5. The minimum atomic E-state index is 0.0927. The Balaban J connectivity index is 1.79. The lowest BCUT2D eigenvalue weighted by Gasteiger charge is -2.20. The summed E-state index contributed by atoms with van der Waals surface area (Å²) >= 11 is 0. The number of benzene rings is 1. The molecular formula is C17H20N4O. The van der Waals surface area contributed by atoms with Crippen molar-refractivity contribution >= 4 is 5.91 Å². The maximum absolute atomic E-state index is 12.7. The highest BCUT2D eigenvalue weighted by atomic mass is 16.2. The second-order valence-corrected chi connectivity index (χ2v) is 5.83. The highest BCUT2D eigenvalue weighted by molar-refractivity contribution is 5.95. The molecule has 2 heterocycles. The number of rotatable bonds is 3. The lowest BCUT2D eigenvalue weighted by molar-refractivity contribution is 0.0783. The van der Waals surface area contributed by atoms with Crippen molar-refractivity contribution in [3.8, 4) is 11.3 Å². The van der Waals surface area contributed by atoms with Crippen LogP contribution in [0.2, 0.25) is 0 Å². The number of carbonyl (C=O) groups excluding carboxylic acids is 1. The first-order valence-electron chi connectivity index (χ1n) is 7.47. The van der Waals surface area contributed by atoms with Crippen molar-refractivity contribution in [2.24, 2.45) is 0 Å². The fourth-order valence-electron chi connectivity index (χ4n) is 2.79. The third-order valence-electron chi connectivity index (χ3n) is 4.15. The third-order valence-corrected chi connectivity index (χ3v) is 4.15. The van der Waals surface area contributed by atoms with Gasteiger partial charge in [0.2, 0.25) is 0 Å². The van der Waals surface area contributed by atoms with E-state index in [2.05, 4.69) is 29.0 Å². The summed E-state index contributed by atoms with van der Waals surface area (Å²) in [6, 6.07) is 8.07. The van der Waals surface area contributed by atoms with E-state index in [1.54, 1.807) is 18.6 Å².